The number of piperidine rings is 1. The highest BCUT2D eigenvalue weighted by Gasteiger charge is 2.21. The molecule has 0 saturated carbocycles. The van der Waals surface area contributed by atoms with E-state index in [1.54, 1.807) is 0 Å². The summed E-state index contributed by atoms with van der Waals surface area (Å²) in [6.45, 7) is 2.01. The van der Waals surface area contributed by atoms with Crippen molar-refractivity contribution in [2.24, 2.45) is 0 Å². The predicted molar refractivity (Wildman–Crippen MR) is 92.4 cm³/mol. The summed E-state index contributed by atoms with van der Waals surface area (Å²) >= 11 is 13.8. The number of thioether (sulfide) groups is 1. The Hall–Kier alpha value is -0.460. The monoisotopic (exact) mass is 379 g/mol. The number of nitrogens with zero attached hydrogens (tertiary/aromatic N) is 2. The number of rotatable bonds is 4. The molecule has 1 aromatic heterocycles. The average Bonchev–Trinajstić information content (AvgIpc) is 2.97. The van der Waals surface area contributed by atoms with Gasteiger partial charge < -0.3 is 9.73 Å². The van der Waals surface area contributed by atoms with Gasteiger partial charge in [0.05, 0.1) is 0 Å². The lowest BCUT2D eigenvalue weighted by Crippen LogP contribution is -2.26. The van der Waals surface area contributed by atoms with Gasteiger partial charge in [-0.3, -0.25) is 0 Å². The topological polar surface area (TPSA) is 51.0 Å². The lowest BCUT2D eigenvalue weighted by Gasteiger charge is -2.18. The van der Waals surface area contributed by atoms with E-state index in [2.05, 4.69) is 15.5 Å². The minimum absolute atomic E-state index is 0. The van der Waals surface area contributed by atoms with Crippen molar-refractivity contribution in [3.05, 3.63) is 39.7 Å². The summed E-state index contributed by atoms with van der Waals surface area (Å²) in [5.41, 5.74) is 0.896. The fourth-order valence-electron chi connectivity index (χ4n) is 2.32. The second-order valence-electron chi connectivity index (χ2n) is 4.92. The molecular formula is C14H16Cl3N3OS. The van der Waals surface area contributed by atoms with E-state index in [0.29, 0.717) is 26.9 Å². The average molecular weight is 381 g/mol. The first-order valence-corrected chi connectivity index (χ1v) is 8.58. The Balaban J connectivity index is 0.00000176. The van der Waals surface area contributed by atoms with E-state index < -0.39 is 0 Å². The van der Waals surface area contributed by atoms with Gasteiger partial charge >= 0.3 is 0 Å². The summed E-state index contributed by atoms with van der Waals surface area (Å²) in [5, 5.41) is 13.5. The van der Waals surface area contributed by atoms with Crippen LogP contribution in [0.25, 0.3) is 0 Å². The third-order valence-corrected chi connectivity index (χ3v) is 5.07. The molecule has 2 aromatic rings. The van der Waals surface area contributed by atoms with Crippen molar-refractivity contribution in [2.75, 3.05) is 13.1 Å². The highest BCUT2D eigenvalue weighted by Crippen LogP contribution is 2.32. The maximum absolute atomic E-state index is 6.15. The molecule has 1 saturated heterocycles. The molecule has 4 nitrogen and oxygen atoms in total. The predicted octanol–water partition coefficient (Wildman–Crippen LogP) is 4.56. The smallest absolute Gasteiger partial charge is 0.276 e. The van der Waals surface area contributed by atoms with Crippen LogP contribution in [-0.4, -0.2) is 23.3 Å². The largest absolute Gasteiger partial charge is 0.416 e. The molecule has 0 amide bonds. The van der Waals surface area contributed by atoms with Crippen molar-refractivity contribution in [1.29, 1.82) is 0 Å². The fraction of sp³-hybridized carbons (Fsp3) is 0.429. The Bertz CT molecular complexity index is 597. The third kappa shape index (κ3) is 4.30. The van der Waals surface area contributed by atoms with Crippen LogP contribution in [0.2, 0.25) is 10.0 Å². The van der Waals surface area contributed by atoms with Gasteiger partial charge in [0, 0.05) is 21.7 Å². The Labute approximate surface area is 149 Å². The number of hydrogen-bond donors (Lipinski definition) is 1. The highest BCUT2D eigenvalue weighted by molar-refractivity contribution is 7.98. The van der Waals surface area contributed by atoms with Crippen LogP contribution in [-0.2, 0) is 5.75 Å². The van der Waals surface area contributed by atoms with Crippen LogP contribution in [0, 0.1) is 0 Å². The van der Waals surface area contributed by atoms with Gasteiger partial charge in [-0.05, 0) is 43.6 Å². The Morgan fingerprint density at radius 3 is 2.55 bits per heavy atom. The van der Waals surface area contributed by atoms with Crippen LogP contribution in [0.15, 0.2) is 27.8 Å². The van der Waals surface area contributed by atoms with E-state index >= 15 is 0 Å². The summed E-state index contributed by atoms with van der Waals surface area (Å²) in [5.74, 6) is 1.73. The minimum Gasteiger partial charge on any atom is -0.416 e. The van der Waals surface area contributed by atoms with Gasteiger partial charge in [-0.2, -0.15) is 0 Å². The second kappa shape index (κ2) is 8.41. The van der Waals surface area contributed by atoms with E-state index in [-0.39, 0.29) is 12.4 Å². The molecule has 0 spiro atoms. The van der Waals surface area contributed by atoms with Gasteiger partial charge in [0.2, 0.25) is 5.89 Å². The van der Waals surface area contributed by atoms with Crippen molar-refractivity contribution in [3.63, 3.8) is 0 Å². The van der Waals surface area contributed by atoms with E-state index in [9.17, 15) is 0 Å². The van der Waals surface area contributed by atoms with E-state index in [4.69, 9.17) is 27.6 Å². The van der Waals surface area contributed by atoms with Crippen molar-refractivity contribution >= 4 is 47.4 Å². The Morgan fingerprint density at radius 1 is 1.18 bits per heavy atom. The first-order chi connectivity index (χ1) is 10.2. The molecule has 1 aliphatic heterocycles. The standard InChI is InChI=1S/C14H15Cl2N3OS.ClH/c15-11-2-1-3-12(16)10(11)8-21-14-19-18-13(20-14)9-4-6-17-7-5-9;/h1-3,9,17H,4-8H2;1H. The molecule has 1 aromatic carbocycles. The lowest BCUT2D eigenvalue weighted by atomic mass is 9.98. The molecule has 3 rings (SSSR count). The van der Waals surface area contributed by atoms with Gasteiger partial charge in [0.1, 0.15) is 0 Å². The van der Waals surface area contributed by atoms with Crippen molar-refractivity contribution in [2.45, 2.75) is 29.7 Å². The van der Waals surface area contributed by atoms with Gasteiger partial charge in [-0.1, -0.05) is 41.0 Å². The van der Waals surface area contributed by atoms with Crippen LogP contribution in [0.4, 0.5) is 0 Å². The van der Waals surface area contributed by atoms with Crippen molar-refractivity contribution in [1.82, 2.24) is 15.5 Å². The van der Waals surface area contributed by atoms with Crippen molar-refractivity contribution in [3.8, 4) is 0 Å². The molecule has 120 valence electrons. The lowest BCUT2D eigenvalue weighted by molar-refractivity contribution is 0.342. The number of hydrogen-bond acceptors (Lipinski definition) is 5. The normalized spacial score (nSPS) is 15.5. The summed E-state index contributed by atoms with van der Waals surface area (Å²) in [6.07, 6.45) is 2.09. The molecule has 22 heavy (non-hydrogen) atoms. The quantitative estimate of drug-likeness (QED) is 0.788. The minimum atomic E-state index is 0. The van der Waals surface area contributed by atoms with Crippen LogP contribution in [0.3, 0.4) is 0 Å². The Morgan fingerprint density at radius 2 is 1.86 bits per heavy atom. The van der Waals surface area contributed by atoms with Crippen LogP contribution in [0.1, 0.15) is 30.2 Å². The second-order valence-corrected chi connectivity index (χ2v) is 6.66. The molecule has 2 heterocycles. The zero-order valence-corrected chi connectivity index (χ0v) is 14.9. The van der Waals surface area contributed by atoms with Crippen LogP contribution >= 0.6 is 47.4 Å². The molecule has 1 aliphatic rings. The maximum Gasteiger partial charge on any atom is 0.276 e. The molecule has 0 bridgehead atoms. The van der Waals surface area contributed by atoms with E-state index in [1.807, 2.05) is 18.2 Å². The fourth-order valence-corrected chi connectivity index (χ4v) is 3.83. The molecule has 0 atom stereocenters. The SMILES string of the molecule is Cl.Clc1cccc(Cl)c1CSc1nnc(C2CCNCC2)o1. The van der Waals surface area contributed by atoms with Gasteiger partial charge in [0.15, 0.2) is 0 Å². The molecular weight excluding hydrogens is 365 g/mol. The van der Waals surface area contributed by atoms with Crippen LogP contribution in [0.5, 0.6) is 0 Å². The number of aromatic nitrogens is 2. The van der Waals surface area contributed by atoms with Gasteiger partial charge in [-0.15, -0.1) is 22.6 Å². The summed E-state index contributed by atoms with van der Waals surface area (Å²) < 4.78 is 5.75. The molecule has 0 radical (unpaired) electrons. The van der Waals surface area contributed by atoms with Crippen LogP contribution < -0.4 is 5.32 Å². The maximum atomic E-state index is 6.15. The highest BCUT2D eigenvalue weighted by atomic mass is 35.5. The van der Waals surface area contributed by atoms with Crippen molar-refractivity contribution < 1.29 is 4.42 Å². The summed E-state index contributed by atoms with van der Waals surface area (Å²) in [7, 11) is 0. The first-order valence-electron chi connectivity index (χ1n) is 6.84. The number of benzene rings is 1. The molecule has 0 aliphatic carbocycles. The van der Waals surface area contributed by atoms with E-state index in [1.165, 1.54) is 11.8 Å². The zero-order chi connectivity index (χ0) is 14.7. The van der Waals surface area contributed by atoms with E-state index in [0.717, 1.165) is 37.4 Å². The molecule has 1 N–H and O–H groups in total. The summed E-state index contributed by atoms with van der Waals surface area (Å²) in [4.78, 5) is 0. The number of halogens is 3. The third-order valence-electron chi connectivity index (χ3n) is 3.51. The zero-order valence-electron chi connectivity index (χ0n) is 11.7. The van der Waals surface area contributed by atoms with Gasteiger partial charge in [0.25, 0.3) is 5.22 Å². The first kappa shape index (κ1) is 17.9. The molecule has 8 heteroatoms. The van der Waals surface area contributed by atoms with Gasteiger partial charge in [-0.25, -0.2) is 0 Å². The molecule has 0 unspecified atom stereocenters. The molecule has 1 fully saturated rings. The summed E-state index contributed by atoms with van der Waals surface area (Å²) in [6, 6.07) is 5.50. The number of nitrogens with one attached hydrogen (secondary N) is 1. The Kier molecular flexibility index (Phi) is 6.84.